The van der Waals surface area contributed by atoms with E-state index in [2.05, 4.69) is 24.1 Å². The molecule has 3 aliphatic rings. The summed E-state index contributed by atoms with van der Waals surface area (Å²) in [6.07, 6.45) is 8.50. The number of hydrogen-bond donors (Lipinski definition) is 1. The van der Waals surface area contributed by atoms with Crippen LogP contribution >= 0.6 is 0 Å². The van der Waals surface area contributed by atoms with Gasteiger partial charge in [0.25, 0.3) is 0 Å². The van der Waals surface area contributed by atoms with E-state index in [1.54, 1.807) is 0 Å². The van der Waals surface area contributed by atoms with E-state index in [9.17, 15) is 0 Å². The summed E-state index contributed by atoms with van der Waals surface area (Å²) in [6, 6.07) is 0. The van der Waals surface area contributed by atoms with Crippen molar-refractivity contribution in [2.75, 3.05) is 26.2 Å². The Kier molecular flexibility index (Phi) is 3.41. The maximum atomic E-state index is 6.14. The van der Waals surface area contributed by atoms with Gasteiger partial charge in [0, 0.05) is 31.7 Å². The summed E-state index contributed by atoms with van der Waals surface area (Å²) in [5.74, 6) is 0. The van der Waals surface area contributed by atoms with E-state index in [-0.39, 0.29) is 5.60 Å². The lowest BCUT2D eigenvalue weighted by molar-refractivity contribution is -0.0345. The van der Waals surface area contributed by atoms with Crippen LogP contribution in [0.2, 0.25) is 0 Å². The van der Waals surface area contributed by atoms with E-state index in [1.807, 2.05) is 0 Å². The predicted molar refractivity (Wildman–Crippen MR) is 73.8 cm³/mol. The van der Waals surface area contributed by atoms with Crippen LogP contribution in [0.1, 0.15) is 52.4 Å². The molecule has 1 saturated carbocycles. The Morgan fingerprint density at radius 3 is 2.67 bits per heavy atom. The minimum absolute atomic E-state index is 0.115. The third-order valence-corrected chi connectivity index (χ3v) is 5.03. The van der Waals surface area contributed by atoms with Gasteiger partial charge in [0.1, 0.15) is 0 Å². The van der Waals surface area contributed by atoms with Crippen molar-refractivity contribution in [3.8, 4) is 0 Å². The fourth-order valence-electron chi connectivity index (χ4n) is 4.08. The average molecular weight is 252 g/mol. The van der Waals surface area contributed by atoms with Crippen molar-refractivity contribution in [1.82, 2.24) is 10.2 Å². The third kappa shape index (κ3) is 2.73. The quantitative estimate of drug-likeness (QED) is 0.815. The van der Waals surface area contributed by atoms with Gasteiger partial charge in [0.2, 0.25) is 0 Å². The number of hydrogen-bond acceptors (Lipinski definition) is 3. The largest absolute Gasteiger partial charge is 0.371 e. The maximum Gasteiger partial charge on any atom is 0.0710 e. The Morgan fingerprint density at radius 2 is 2.00 bits per heavy atom. The van der Waals surface area contributed by atoms with Gasteiger partial charge in [0.15, 0.2) is 0 Å². The van der Waals surface area contributed by atoms with Gasteiger partial charge in [-0.1, -0.05) is 12.8 Å². The average Bonchev–Trinajstić information content (AvgIpc) is 2.87. The molecule has 1 unspecified atom stereocenters. The van der Waals surface area contributed by atoms with Crippen molar-refractivity contribution in [2.24, 2.45) is 0 Å². The normalized spacial score (nSPS) is 35.3. The molecule has 2 saturated heterocycles. The molecule has 2 aliphatic heterocycles. The van der Waals surface area contributed by atoms with Gasteiger partial charge < -0.3 is 10.1 Å². The molecule has 1 spiro atoms. The minimum Gasteiger partial charge on any atom is -0.371 e. The van der Waals surface area contributed by atoms with Crippen LogP contribution in [-0.2, 0) is 4.74 Å². The van der Waals surface area contributed by atoms with Crippen molar-refractivity contribution in [1.29, 1.82) is 0 Å². The first-order valence-electron chi connectivity index (χ1n) is 7.72. The SMILES string of the molecule is CC1(C)CCC(CN2CCNC3(CCCC3)C2)O1. The summed E-state index contributed by atoms with van der Waals surface area (Å²) in [6.45, 7) is 9.20. The molecule has 3 nitrogen and oxygen atoms in total. The molecular formula is C15H28N2O. The Bertz CT molecular complexity index is 297. The molecule has 1 N–H and O–H groups in total. The van der Waals surface area contributed by atoms with Gasteiger partial charge in [0.05, 0.1) is 11.7 Å². The van der Waals surface area contributed by atoms with E-state index in [1.165, 1.54) is 51.6 Å². The fourth-order valence-corrected chi connectivity index (χ4v) is 4.08. The van der Waals surface area contributed by atoms with Crippen LogP contribution in [0.4, 0.5) is 0 Å². The molecule has 0 amide bonds. The summed E-state index contributed by atoms with van der Waals surface area (Å²) >= 11 is 0. The highest BCUT2D eigenvalue weighted by molar-refractivity contribution is 4.98. The Labute approximate surface area is 111 Å². The van der Waals surface area contributed by atoms with Gasteiger partial charge in [-0.2, -0.15) is 0 Å². The molecule has 3 fully saturated rings. The summed E-state index contributed by atoms with van der Waals surface area (Å²) < 4.78 is 6.14. The molecule has 104 valence electrons. The first-order chi connectivity index (χ1) is 8.57. The first-order valence-corrected chi connectivity index (χ1v) is 7.72. The lowest BCUT2D eigenvalue weighted by Crippen LogP contribution is -2.59. The molecule has 1 atom stereocenters. The lowest BCUT2D eigenvalue weighted by atomic mass is 9.94. The molecule has 0 bridgehead atoms. The molecule has 0 aromatic rings. The number of nitrogens with zero attached hydrogens (tertiary/aromatic N) is 1. The van der Waals surface area contributed by atoms with Crippen LogP contribution in [0, 0.1) is 0 Å². The van der Waals surface area contributed by atoms with E-state index in [0.717, 1.165) is 13.1 Å². The number of nitrogens with one attached hydrogen (secondary N) is 1. The van der Waals surface area contributed by atoms with Gasteiger partial charge in [-0.05, 0) is 39.5 Å². The second-order valence-corrected chi connectivity index (χ2v) is 7.19. The van der Waals surface area contributed by atoms with E-state index >= 15 is 0 Å². The van der Waals surface area contributed by atoms with Gasteiger partial charge >= 0.3 is 0 Å². The zero-order chi connectivity index (χ0) is 12.6. The third-order valence-electron chi connectivity index (χ3n) is 5.03. The molecule has 3 heteroatoms. The summed E-state index contributed by atoms with van der Waals surface area (Å²) in [5, 5.41) is 3.78. The van der Waals surface area contributed by atoms with Crippen LogP contribution in [0.3, 0.4) is 0 Å². The molecule has 18 heavy (non-hydrogen) atoms. The molecular weight excluding hydrogens is 224 g/mol. The van der Waals surface area contributed by atoms with Gasteiger partial charge in [-0.15, -0.1) is 0 Å². The van der Waals surface area contributed by atoms with Crippen LogP contribution in [0.25, 0.3) is 0 Å². The Hall–Kier alpha value is -0.120. The predicted octanol–water partition coefficient (Wildman–Crippen LogP) is 2.16. The summed E-state index contributed by atoms with van der Waals surface area (Å²) in [5.41, 5.74) is 0.566. The van der Waals surface area contributed by atoms with Crippen molar-refractivity contribution in [3.63, 3.8) is 0 Å². The topological polar surface area (TPSA) is 24.5 Å². The fraction of sp³-hybridized carbons (Fsp3) is 1.00. The second-order valence-electron chi connectivity index (χ2n) is 7.19. The lowest BCUT2D eigenvalue weighted by Gasteiger charge is -2.42. The Morgan fingerprint density at radius 1 is 1.22 bits per heavy atom. The van der Waals surface area contributed by atoms with E-state index in [0.29, 0.717) is 11.6 Å². The van der Waals surface area contributed by atoms with Crippen molar-refractivity contribution in [3.05, 3.63) is 0 Å². The monoisotopic (exact) mass is 252 g/mol. The second kappa shape index (κ2) is 4.77. The number of ether oxygens (including phenoxy) is 1. The minimum atomic E-state index is 0.115. The van der Waals surface area contributed by atoms with E-state index in [4.69, 9.17) is 4.74 Å². The highest BCUT2D eigenvalue weighted by Gasteiger charge is 2.39. The van der Waals surface area contributed by atoms with E-state index < -0.39 is 0 Å². The highest BCUT2D eigenvalue weighted by Crippen LogP contribution is 2.33. The molecule has 2 heterocycles. The molecule has 0 radical (unpaired) electrons. The zero-order valence-electron chi connectivity index (χ0n) is 12.0. The van der Waals surface area contributed by atoms with Crippen LogP contribution in [0.15, 0.2) is 0 Å². The van der Waals surface area contributed by atoms with Gasteiger partial charge in [-0.25, -0.2) is 0 Å². The highest BCUT2D eigenvalue weighted by atomic mass is 16.5. The number of piperazine rings is 1. The molecule has 3 rings (SSSR count). The summed E-state index contributed by atoms with van der Waals surface area (Å²) in [7, 11) is 0. The smallest absolute Gasteiger partial charge is 0.0710 e. The van der Waals surface area contributed by atoms with Crippen molar-refractivity contribution in [2.45, 2.75) is 69.6 Å². The Balaban J connectivity index is 1.54. The molecule has 0 aromatic heterocycles. The van der Waals surface area contributed by atoms with Gasteiger partial charge in [-0.3, -0.25) is 4.90 Å². The first kappa shape index (κ1) is 12.9. The van der Waals surface area contributed by atoms with Crippen LogP contribution < -0.4 is 5.32 Å². The van der Waals surface area contributed by atoms with Crippen LogP contribution in [-0.4, -0.2) is 48.3 Å². The van der Waals surface area contributed by atoms with Crippen LogP contribution in [0.5, 0.6) is 0 Å². The summed E-state index contributed by atoms with van der Waals surface area (Å²) in [4.78, 5) is 2.65. The number of rotatable bonds is 2. The molecule has 1 aliphatic carbocycles. The van der Waals surface area contributed by atoms with Crippen molar-refractivity contribution >= 4 is 0 Å². The molecule has 0 aromatic carbocycles. The van der Waals surface area contributed by atoms with Crippen molar-refractivity contribution < 1.29 is 4.74 Å². The maximum absolute atomic E-state index is 6.14. The zero-order valence-corrected chi connectivity index (χ0v) is 12.0. The standard InChI is InChI=1S/C15H28N2O/c1-14(2)8-5-13(18-14)11-17-10-9-16-15(12-17)6-3-4-7-15/h13,16H,3-12H2,1-2H3.